The maximum absolute atomic E-state index is 4.04. The molecule has 0 aliphatic rings. The standard InChI is InChI=1S/C14H18BrN3/c1-2-14(12-3-5-13(15)6-4-12)17-8-10-18-9-7-16-11-18/h3-7,9,11,14,17H,2,8,10H2,1H3. The second kappa shape index (κ2) is 6.71. The second-order valence-corrected chi connectivity index (χ2v) is 5.18. The molecule has 0 aliphatic heterocycles. The summed E-state index contributed by atoms with van der Waals surface area (Å²) in [5.41, 5.74) is 1.34. The summed E-state index contributed by atoms with van der Waals surface area (Å²) in [4.78, 5) is 4.04. The fourth-order valence-electron chi connectivity index (χ4n) is 1.98. The average molecular weight is 308 g/mol. The first kappa shape index (κ1) is 13.3. The molecule has 0 saturated heterocycles. The van der Waals surface area contributed by atoms with Gasteiger partial charge in [0, 0.05) is 36.0 Å². The van der Waals surface area contributed by atoms with E-state index in [0.717, 1.165) is 24.0 Å². The Balaban J connectivity index is 1.87. The van der Waals surface area contributed by atoms with Gasteiger partial charge in [-0.25, -0.2) is 4.98 Å². The SMILES string of the molecule is CCC(NCCn1ccnc1)c1ccc(Br)cc1. The van der Waals surface area contributed by atoms with E-state index in [2.05, 4.69) is 62.0 Å². The average Bonchev–Trinajstić information content (AvgIpc) is 2.89. The third-order valence-electron chi connectivity index (χ3n) is 3.00. The molecule has 0 saturated carbocycles. The fourth-order valence-corrected chi connectivity index (χ4v) is 2.24. The Labute approximate surface area is 116 Å². The number of benzene rings is 1. The van der Waals surface area contributed by atoms with E-state index in [1.54, 1.807) is 0 Å². The number of rotatable bonds is 6. The molecule has 4 heteroatoms. The predicted octanol–water partition coefficient (Wildman–Crippen LogP) is 3.39. The molecule has 0 amide bonds. The van der Waals surface area contributed by atoms with Gasteiger partial charge in [-0.05, 0) is 24.1 Å². The Morgan fingerprint density at radius 3 is 2.72 bits per heavy atom. The van der Waals surface area contributed by atoms with E-state index in [4.69, 9.17) is 0 Å². The van der Waals surface area contributed by atoms with Crippen LogP contribution >= 0.6 is 15.9 Å². The molecule has 0 radical (unpaired) electrons. The zero-order chi connectivity index (χ0) is 12.8. The largest absolute Gasteiger partial charge is 0.336 e. The summed E-state index contributed by atoms with van der Waals surface area (Å²) in [6.07, 6.45) is 6.74. The van der Waals surface area contributed by atoms with Gasteiger partial charge in [-0.1, -0.05) is 35.0 Å². The van der Waals surface area contributed by atoms with Crippen LogP contribution < -0.4 is 5.32 Å². The van der Waals surface area contributed by atoms with Crippen LogP contribution in [0.5, 0.6) is 0 Å². The number of hydrogen-bond donors (Lipinski definition) is 1. The summed E-state index contributed by atoms with van der Waals surface area (Å²) in [6.45, 7) is 4.11. The molecule has 0 bridgehead atoms. The Bertz CT molecular complexity index is 450. The molecule has 1 unspecified atom stereocenters. The molecule has 18 heavy (non-hydrogen) atoms. The summed E-state index contributed by atoms with van der Waals surface area (Å²) >= 11 is 3.46. The van der Waals surface area contributed by atoms with Crippen LogP contribution in [0.4, 0.5) is 0 Å². The third-order valence-corrected chi connectivity index (χ3v) is 3.53. The van der Waals surface area contributed by atoms with Crippen molar-refractivity contribution >= 4 is 15.9 Å². The van der Waals surface area contributed by atoms with Gasteiger partial charge in [0.1, 0.15) is 0 Å². The lowest BCUT2D eigenvalue weighted by Crippen LogP contribution is -2.24. The highest BCUT2D eigenvalue weighted by Gasteiger charge is 2.07. The van der Waals surface area contributed by atoms with Crippen molar-refractivity contribution in [3.05, 3.63) is 53.0 Å². The van der Waals surface area contributed by atoms with Gasteiger partial charge in [0.2, 0.25) is 0 Å². The van der Waals surface area contributed by atoms with Gasteiger partial charge >= 0.3 is 0 Å². The van der Waals surface area contributed by atoms with E-state index < -0.39 is 0 Å². The molecule has 1 atom stereocenters. The van der Waals surface area contributed by atoms with Crippen molar-refractivity contribution in [2.75, 3.05) is 6.54 Å². The van der Waals surface area contributed by atoms with E-state index in [0.29, 0.717) is 6.04 Å². The normalized spacial score (nSPS) is 12.6. The fraction of sp³-hybridized carbons (Fsp3) is 0.357. The van der Waals surface area contributed by atoms with Crippen LogP contribution in [-0.2, 0) is 6.54 Å². The van der Waals surface area contributed by atoms with E-state index in [1.807, 2.05) is 18.7 Å². The van der Waals surface area contributed by atoms with Crippen molar-refractivity contribution in [1.82, 2.24) is 14.9 Å². The monoisotopic (exact) mass is 307 g/mol. The number of nitrogens with one attached hydrogen (secondary N) is 1. The Hall–Kier alpha value is -1.13. The molecular weight excluding hydrogens is 290 g/mol. The van der Waals surface area contributed by atoms with Gasteiger partial charge in [-0.15, -0.1) is 0 Å². The number of halogens is 1. The van der Waals surface area contributed by atoms with E-state index >= 15 is 0 Å². The van der Waals surface area contributed by atoms with Gasteiger partial charge in [0.05, 0.1) is 6.33 Å². The summed E-state index contributed by atoms with van der Waals surface area (Å²) in [7, 11) is 0. The van der Waals surface area contributed by atoms with Crippen LogP contribution in [0.25, 0.3) is 0 Å². The maximum atomic E-state index is 4.04. The highest BCUT2D eigenvalue weighted by Crippen LogP contribution is 2.19. The van der Waals surface area contributed by atoms with Gasteiger partial charge in [0.15, 0.2) is 0 Å². The number of imidazole rings is 1. The van der Waals surface area contributed by atoms with Gasteiger partial charge in [-0.2, -0.15) is 0 Å². The molecule has 3 nitrogen and oxygen atoms in total. The highest BCUT2D eigenvalue weighted by molar-refractivity contribution is 9.10. The quantitative estimate of drug-likeness (QED) is 0.886. The molecule has 0 spiro atoms. The van der Waals surface area contributed by atoms with E-state index in [1.165, 1.54) is 5.56 Å². The third kappa shape index (κ3) is 3.68. The number of aromatic nitrogens is 2. The van der Waals surface area contributed by atoms with E-state index in [9.17, 15) is 0 Å². The van der Waals surface area contributed by atoms with Crippen molar-refractivity contribution in [1.29, 1.82) is 0 Å². The molecule has 2 aromatic rings. The first-order valence-corrected chi connectivity index (χ1v) is 7.03. The Morgan fingerprint density at radius 2 is 2.11 bits per heavy atom. The Morgan fingerprint density at radius 1 is 1.33 bits per heavy atom. The molecule has 0 aliphatic carbocycles. The van der Waals surface area contributed by atoms with Gasteiger partial charge < -0.3 is 9.88 Å². The van der Waals surface area contributed by atoms with Crippen molar-refractivity contribution < 1.29 is 0 Å². The molecular formula is C14H18BrN3. The summed E-state index contributed by atoms with van der Waals surface area (Å²) < 4.78 is 3.21. The second-order valence-electron chi connectivity index (χ2n) is 4.27. The number of hydrogen-bond acceptors (Lipinski definition) is 2. The van der Waals surface area contributed by atoms with Crippen molar-refractivity contribution in [2.24, 2.45) is 0 Å². The van der Waals surface area contributed by atoms with Gasteiger partial charge in [0.25, 0.3) is 0 Å². The molecule has 0 fully saturated rings. The first-order valence-electron chi connectivity index (χ1n) is 6.24. The lowest BCUT2D eigenvalue weighted by Gasteiger charge is -2.17. The zero-order valence-electron chi connectivity index (χ0n) is 10.5. The van der Waals surface area contributed by atoms with Crippen molar-refractivity contribution in [3.63, 3.8) is 0 Å². The highest BCUT2D eigenvalue weighted by atomic mass is 79.9. The summed E-state index contributed by atoms with van der Waals surface area (Å²) in [5, 5.41) is 3.58. The smallest absolute Gasteiger partial charge is 0.0946 e. The molecule has 96 valence electrons. The Kier molecular flexibility index (Phi) is 4.96. The van der Waals surface area contributed by atoms with Crippen LogP contribution in [0.1, 0.15) is 24.9 Å². The zero-order valence-corrected chi connectivity index (χ0v) is 12.1. The lowest BCUT2D eigenvalue weighted by molar-refractivity contribution is 0.492. The molecule has 1 N–H and O–H groups in total. The molecule has 1 aromatic carbocycles. The van der Waals surface area contributed by atoms with Crippen LogP contribution in [0.15, 0.2) is 47.5 Å². The lowest BCUT2D eigenvalue weighted by atomic mass is 10.0. The number of nitrogens with zero attached hydrogens (tertiary/aromatic N) is 2. The molecule has 1 heterocycles. The summed E-state index contributed by atoms with van der Waals surface area (Å²) in [5.74, 6) is 0. The predicted molar refractivity (Wildman–Crippen MR) is 77.4 cm³/mol. The molecule has 2 rings (SSSR count). The minimum Gasteiger partial charge on any atom is -0.336 e. The maximum Gasteiger partial charge on any atom is 0.0946 e. The minimum atomic E-state index is 0.418. The van der Waals surface area contributed by atoms with Crippen LogP contribution in [0.2, 0.25) is 0 Å². The molecule has 1 aromatic heterocycles. The summed E-state index contributed by atoms with van der Waals surface area (Å²) in [6, 6.07) is 8.94. The van der Waals surface area contributed by atoms with Crippen LogP contribution in [0.3, 0.4) is 0 Å². The van der Waals surface area contributed by atoms with Crippen molar-refractivity contribution in [2.45, 2.75) is 25.9 Å². The van der Waals surface area contributed by atoms with E-state index in [-0.39, 0.29) is 0 Å². The van der Waals surface area contributed by atoms with Gasteiger partial charge in [-0.3, -0.25) is 0 Å². The van der Waals surface area contributed by atoms with Crippen LogP contribution in [0, 0.1) is 0 Å². The van der Waals surface area contributed by atoms with Crippen LogP contribution in [-0.4, -0.2) is 16.1 Å². The first-order chi connectivity index (χ1) is 8.79. The van der Waals surface area contributed by atoms with Crippen molar-refractivity contribution in [3.8, 4) is 0 Å². The topological polar surface area (TPSA) is 29.9 Å². The minimum absolute atomic E-state index is 0.418.